The molecule has 0 radical (unpaired) electrons. The zero-order valence-corrected chi connectivity index (χ0v) is 7.74. The summed E-state index contributed by atoms with van der Waals surface area (Å²) >= 11 is 0. The molecule has 0 aromatic rings. The van der Waals surface area contributed by atoms with Crippen LogP contribution in [0, 0.1) is 0 Å². The minimum Gasteiger partial charge on any atom is -0.354 e. The predicted molar refractivity (Wildman–Crippen MR) is 53.7 cm³/mol. The van der Waals surface area contributed by atoms with E-state index in [2.05, 4.69) is 48.5 Å². The van der Waals surface area contributed by atoms with Crippen molar-refractivity contribution < 1.29 is 0 Å². The van der Waals surface area contributed by atoms with Crippen molar-refractivity contribution in [3.05, 3.63) is 36.7 Å². The van der Waals surface area contributed by atoms with Crippen LogP contribution in [0.4, 0.5) is 0 Å². The summed E-state index contributed by atoms with van der Waals surface area (Å²) in [5.41, 5.74) is 0. The van der Waals surface area contributed by atoms with Gasteiger partial charge in [-0.3, -0.25) is 0 Å². The first kappa shape index (κ1) is 9.11. The highest BCUT2D eigenvalue weighted by molar-refractivity contribution is 5.15. The molecule has 12 heavy (non-hydrogen) atoms. The smallest absolute Gasteiger partial charge is 0.0219 e. The Bertz CT molecular complexity index is 173. The Balaban J connectivity index is 2.23. The quantitative estimate of drug-likeness (QED) is 0.576. The maximum atomic E-state index is 2.23. The molecule has 0 aromatic carbocycles. The van der Waals surface area contributed by atoms with E-state index in [4.69, 9.17) is 0 Å². The van der Waals surface area contributed by atoms with Gasteiger partial charge in [0.05, 0.1) is 0 Å². The molecule has 0 N–H and O–H groups in total. The van der Waals surface area contributed by atoms with Crippen molar-refractivity contribution in [2.45, 2.75) is 26.2 Å². The van der Waals surface area contributed by atoms with Gasteiger partial charge in [-0.1, -0.05) is 31.9 Å². The van der Waals surface area contributed by atoms with Gasteiger partial charge in [-0.25, -0.2) is 0 Å². The van der Waals surface area contributed by atoms with Crippen LogP contribution in [0.15, 0.2) is 36.7 Å². The van der Waals surface area contributed by atoms with Gasteiger partial charge in [-0.15, -0.1) is 0 Å². The third kappa shape index (κ3) is 3.42. The normalized spacial score (nSPS) is 15.2. The maximum Gasteiger partial charge on any atom is 0.0219 e. The first-order valence-electron chi connectivity index (χ1n) is 4.71. The average Bonchev–Trinajstić information content (AvgIpc) is 2.33. The van der Waals surface area contributed by atoms with Gasteiger partial charge in [0.15, 0.2) is 0 Å². The Morgan fingerprint density at radius 3 is 2.17 bits per heavy atom. The molecule has 0 aliphatic carbocycles. The van der Waals surface area contributed by atoms with Gasteiger partial charge in [0, 0.05) is 18.9 Å². The van der Waals surface area contributed by atoms with Crippen LogP contribution in [0.25, 0.3) is 0 Å². The summed E-state index contributed by atoms with van der Waals surface area (Å²) in [6.07, 6.45) is 16.4. The standard InChI is InChI=1S/C11H17N/c1-2-3-6-9-12-10-7-4-5-8-11-12/h4-5,7-8,10-11H,2-3,6,9H2,1H3. The molecule has 1 nitrogen and oxygen atoms in total. The number of allylic oxidation sites excluding steroid dienone is 4. The van der Waals surface area contributed by atoms with Gasteiger partial charge in [-0.2, -0.15) is 0 Å². The van der Waals surface area contributed by atoms with Crippen LogP contribution >= 0.6 is 0 Å². The van der Waals surface area contributed by atoms with E-state index in [-0.39, 0.29) is 0 Å². The summed E-state index contributed by atoms with van der Waals surface area (Å²) in [6, 6.07) is 0. The SMILES string of the molecule is CCCCCN1C=CC=CC=C1. The molecule has 0 fully saturated rings. The van der Waals surface area contributed by atoms with Crippen molar-refractivity contribution in [3.63, 3.8) is 0 Å². The third-order valence-corrected chi connectivity index (χ3v) is 1.91. The summed E-state index contributed by atoms with van der Waals surface area (Å²) in [6.45, 7) is 3.37. The summed E-state index contributed by atoms with van der Waals surface area (Å²) in [7, 11) is 0. The van der Waals surface area contributed by atoms with Crippen molar-refractivity contribution in [2.75, 3.05) is 6.54 Å². The summed E-state index contributed by atoms with van der Waals surface area (Å²) in [5.74, 6) is 0. The Morgan fingerprint density at radius 2 is 1.58 bits per heavy atom. The second-order valence-corrected chi connectivity index (χ2v) is 3.01. The van der Waals surface area contributed by atoms with E-state index >= 15 is 0 Å². The lowest BCUT2D eigenvalue weighted by molar-refractivity contribution is 0.477. The van der Waals surface area contributed by atoms with E-state index in [0.29, 0.717) is 0 Å². The lowest BCUT2D eigenvalue weighted by Gasteiger charge is -2.13. The van der Waals surface area contributed by atoms with Crippen molar-refractivity contribution in [2.24, 2.45) is 0 Å². The van der Waals surface area contributed by atoms with Crippen molar-refractivity contribution in [1.29, 1.82) is 0 Å². The van der Waals surface area contributed by atoms with Gasteiger partial charge in [0.2, 0.25) is 0 Å². The molecule has 0 saturated carbocycles. The van der Waals surface area contributed by atoms with Gasteiger partial charge >= 0.3 is 0 Å². The molecule has 0 aromatic heterocycles. The minimum atomic E-state index is 1.14. The van der Waals surface area contributed by atoms with Crippen LogP contribution < -0.4 is 0 Å². The van der Waals surface area contributed by atoms with E-state index in [1.54, 1.807) is 0 Å². The van der Waals surface area contributed by atoms with Crippen LogP contribution in [-0.4, -0.2) is 11.4 Å². The largest absolute Gasteiger partial charge is 0.354 e. The predicted octanol–water partition coefficient (Wildman–Crippen LogP) is 3.08. The van der Waals surface area contributed by atoms with Gasteiger partial charge < -0.3 is 4.90 Å². The fourth-order valence-corrected chi connectivity index (χ4v) is 1.19. The molecule has 0 saturated heterocycles. The molecule has 1 heteroatoms. The number of nitrogens with zero attached hydrogens (tertiary/aromatic N) is 1. The molecule has 0 unspecified atom stereocenters. The van der Waals surface area contributed by atoms with Gasteiger partial charge in [0.25, 0.3) is 0 Å². The summed E-state index contributed by atoms with van der Waals surface area (Å²) in [4.78, 5) is 2.23. The average molecular weight is 163 g/mol. The topological polar surface area (TPSA) is 3.24 Å². The molecule has 66 valence electrons. The summed E-state index contributed by atoms with van der Waals surface area (Å²) in [5, 5.41) is 0. The lowest BCUT2D eigenvalue weighted by Crippen LogP contribution is -2.10. The molecular formula is C11H17N. The highest BCUT2D eigenvalue weighted by Gasteiger charge is 1.93. The Morgan fingerprint density at radius 1 is 0.917 bits per heavy atom. The van der Waals surface area contributed by atoms with Gasteiger partial charge in [-0.05, 0) is 18.6 Å². The fourth-order valence-electron chi connectivity index (χ4n) is 1.19. The lowest BCUT2D eigenvalue weighted by atomic mass is 10.2. The highest BCUT2D eigenvalue weighted by atomic mass is 15.1. The van der Waals surface area contributed by atoms with E-state index < -0.39 is 0 Å². The van der Waals surface area contributed by atoms with Crippen molar-refractivity contribution >= 4 is 0 Å². The Hall–Kier alpha value is -0.980. The highest BCUT2D eigenvalue weighted by Crippen LogP contribution is 2.02. The van der Waals surface area contributed by atoms with E-state index in [1.165, 1.54) is 19.3 Å². The zero-order chi connectivity index (χ0) is 8.65. The number of unbranched alkanes of at least 4 members (excludes halogenated alkanes) is 2. The Labute approximate surface area is 75.1 Å². The molecule has 0 amide bonds. The van der Waals surface area contributed by atoms with Crippen LogP contribution in [-0.2, 0) is 0 Å². The van der Waals surface area contributed by atoms with Gasteiger partial charge in [0.1, 0.15) is 0 Å². The van der Waals surface area contributed by atoms with Crippen LogP contribution in [0.3, 0.4) is 0 Å². The molecule has 1 rings (SSSR count). The molecule has 0 spiro atoms. The molecule has 1 aliphatic rings. The third-order valence-electron chi connectivity index (χ3n) is 1.91. The van der Waals surface area contributed by atoms with Crippen molar-refractivity contribution in [1.82, 2.24) is 4.90 Å². The first-order chi connectivity index (χ1) is 5.93. The van der Waals surface area contributed by atoms with Crippen LogP contribution in [0.1, 0.15) is 26.2 Å². The summed E-state index contributed by atoms with van der Waals surface area (Å²) < 4.78 is 0. The maximum absolute atomic E-state index is 2.23. The molecule has 1 aliphatic heterocycles. The van der Waals surface area contributed by atoms with E-state index in [1.807, 2.05) is 0 Å². The fraction of sp³-hybridized carbons (Fsp3) is 0.455. The molecule has 0 bridgehead atoms. The Kier molecular flexibility index (Phi) is 4.28. The number of rotatable bonds is 4. The molecule has 1 heterocycles. The number of hydrogen-bond donors (Lipinski definition) is 0. The minimum absolute atomic E-state index is 1.14. The molecular weight excluding hydrogens is 146 g/mol. The molecule has 0 atom stereocenters. The van der Waals surface area contributed by atoms with E-state index in [0.717, 1.165) is 6.54 Å². The van der Waals surface area contributed by atoms with Crippen LogP contribution in [0.2, 0.25) is 0 Å². The van der Waals surface area contributed by atoms with Crippen LogP contribution in [0.5, 0.6) is 0 Å². The van der Waals surface area contributed by atoms with E-state index in [9.17, 15) is 0 Å². The monoisotopic (exact) mass is 163 g/mol. The second kappa shape index (κ2) is 5.64. The second-order valence-electron chi connectivity index (χ2n) is 3.01. The zero-order valence-electron chi connectivity index (χ0n) is 7.74. The number of hydrogen-bond acceptors (Lipinski definition) is 1. The first-order valence-corrected chi connectivity index (χ1v) is 4.71. The van der Waals surface area contributed by atoms with Crippen molar-refractivity contribution in [3.8, 4) is 0 Å².